The Balaban J connectivity index is 1.94. The van der Waals surface area contributed by atoms with Crippen LogP contribution in [0.25, 0.3) is 10.1 Å². The van der Waals surface area contributed by atoms with Crippen LogP contribution in [-0.2, 0) is 4.79 Å². The molecule has 0 aliphatic heterocycles. The summed E-state index contributed by atoms with van der Waals surface area (Å²) in [5.41, 5.74) is 0. The molecule has 0 saturated heterocycles. The van der Waals surface area contributed by atoms with E-state index in [9.17, 15) is 4.79 Å². The maximum atomic E-state index is 10.7. The summed E-state index contributed by atoms with van der Waals surface area (Å²) in [6, 6.07) is 2.08. The summed E-state index contributed by atoms with van der Waals surface area (Å²) in [7, 11) is 0. The predicted molar refractivity (Wildman–Crippen MR) is 79.1 cm³/mol. The van der Waals surface area contributed by atoms with Crippen molar-refractivity contribution in [2.75, 3.05) is 18.4 Å². The van der Waals surface area contributed by atoms with Crippen molar-refractivity contribution in [2.45, 2.75) is 13.3 Å². The molecule has 2 aromatic heterocycles. The summed E-state index contributed by atoms with van der Waals surface area (Å²) >= 11 is 5.16. The van der Waals surface area contributed by atoms with E-state index in [4.69, 9.17) is 0 Å². The van der Waals surface area contributed by atoms with E-state index in [-0.39, 0.29) is 5.91 Å². The molecule has 0 unspecified atom stereocenters. The Labute approximate surface area is 118 Å². The van der Waals surface area contributed by atoms with Crippen molar-refractivity contribution in [2.24, 2.45) is 0 Å². The van der Waals surface area contributed by atoms with Crippen LogP contribution in [0.5, 0.6) is 0 Å². The van der Waals surface area contributed by atoms with E-state index in [2.05, 4.69) is 43.0 Å². The molecule has 2 rings (SSSR count). The molecule has 0 spiro atoms. The van der Waals surface area contributed by atoms with Crippen LogP contribution in [0.2, 0.25) is 0 Å². The number of nitrogens with one attached hydrogen (secondary N) is 2. The number of amides is 1. The van der Waals surface area contributed by atoms with Crippen LogP contribution in [0.1, 0.15) is 13.3 Å². The van der Waals surface area contributed by atoms with Gasteiger partial charge in [0.15, 0.2) is 0 Å². The number of hydrogen-bond acceptors (Lipinski definition) is 4. The van der Waals surface area contributed by atoms with Gasteiger partial charge in [-0.1, -0.05) is 0 Å². The molecule has 0 aliphatic rings. The molecule has 0 atom stereocenters. The first kappa shape index (κ1) is 13.3. The molecule has 0 aliphatic carbocycles. The molecular weight excluding hydrogens is 314 g/mol. The lowest BCUT2D eigenvalue weighted by Crippen LogP contribution is -2.22. The molecule has 0 radical (unpaired) electrons. The van der Waals surface area contributed by atoms with Crippen LogP contribution in [0.15, 0.2) is 22.1 Å². The lowest BCUT2D eigenvalue weighted by Gasteiger charge is -2.07. The zero-order chi connectivity index (χ0) is 13.0. The molecular formula is C12H14BrN3OS. The van der Waals surface area contributed by atoms with Gasteiger partial charge < -0.3 is 10.6 Å². The Hall–Kier alpha value is -1.14. The highest BCUT2D eigenvalue weighted by molar-refractivity contribution is 9.10. The number of rotatable bonds is 5. The second kappa shape index (κ2) is 6.15. The highest BCUT2D eigenvalue weighted by atomic mass is 79.9. The smallest absolute Gasteiger partial charge is 0.216 e. The molecule has 96 valence electrons. The van der Waals surface area contributed by atoms with Crippen molar-refractivity contribution in [3.8, 4) is 0 Å². The molecule has 0 aromatic carbocycles. The molecule has 2 aromatic rings. The van der Waals surface area contributed by atoms with Crippen LogP contribution in [0.3, 0.4) is 0 Å². The number of hydrogen-bond donors (Lipinski definition) is 2. The third-order valence-electron chi connectivity index (χ3n) is 2.46. The average molecular weight is 328 g/mol. The predicted octanol–water partition coefficient (Wildman–Crippen LogP) is 3.00. The zero-order valence-electron chi connectivity index (χ0n) is 10.00. The lowest BCUT2D eigenvalue weighted by molar-refractivity contribution is -0.118. The van der Waals surface area contributed by atoms with Gasteiger partial charge in [0, 0.05) is 36.1 Å². The van der Waals surface area contributed by atoms with Crippen LogP contribution in [-0.4, -0.2) is 24.0 Å². The largest absolute Gasteiger partial charge is 0.369 e. The van der Waals surface area contributed by atoms with E-state index in [0.29, 0.717) is 6.54 Å². The van der Waals surface area contributed by atoms with Crippen LogP contribution >= 0.6 is 27.3 Å². The highest BCUT2D eigenvalue weighted by Gasteiger charge is 2.06. The third kappa shape index (κ3) is 3.20. The van der Waals surface area contributed by atoms with Crippen molar-refractivity contribution in [3.05, 3.63) is 22.1 Å². The van der Waals surface area contributed by atoms with E-state index in [1.807, 2.05) is 6.20 Å². The second-order valence-corrected chi connectivity index (χ2v) is 5.65. The van der Waals surface area contributed by atoms with E-state index in [1.54, 1.807) is 11.3 Å². The minimum absolute atomic E-state index is 0.0115. The Kier molecular flexibility index (Phi) is 4.54. The maximum absolute atomic E-state index is 10.7. The average Bonchev–Trinajstić information content (AvgIpc) is 2.81. The van der Waals surface area contributed by atoms with Crippen molar-refractivity contribution < 1.29 is 4.79 Å². The van der Waals surface area contributed by atoms with Gasteiger partial charge in [0.05, 0.1) is 4.70 Å². The number of fused-ring (bicyclic) bond motifs is 1. The highest BCUT2D eigenvalue weighted by Crippen LogP contribution is 2.32. The summed E-state index contributed by atoms with van der Waals surface area (Å²) in [4.78, 5) is 15.1. The summed E-state index contributed by atoms with van der Waals surface area (Å²) < 4.78 is 2.17. The van der Waals surface area contributed by atoms with Crippen molar-refractivity contribution in [3.63, 3.8) is 0 Å². The van der Waals surface area contributed by atoms with Crippen LogP contribution < -0.4 is 10.6 Å². The molecule has 0 saturated carbocycles. The number of thiophene rings is 1. The van der Waals surface area contributed by atoms with Gasteiger partial charge in [0.2, 0.25) is 5.91 Å². The van der Waals surface area contributed by atoms with Crippen LogP contribution in [0.4, 0.5) is 5.82 Å². The van der Waals surface area contributed by atoms with Crippen LogP contribution in [0, 0.1) is 0 Å². The molecule has 2 N–H and O–H groups in total. The van der Waals surface area contributed by atoms with Gasteiger partial charge in [0.1, 0.15) is 5.82 Å². The van der Waals surface area contributed by atoms with Crippen molar-refractivity contribution >= 4 is 49.1 Å². The summed E-state index contributed by atoms with van der Waals surface area (Å²) in [5, 5.41) is 9.31. The van der Waals surface area contributed by atoms with Gasteiger partial charge in [-0.3, -0.25) is 4.79 Å². The molecule has 1 amide bonds. The first-order chi connectivity index (χ1) is 8.68. The number of carbonyl (C=O) groups is 1. The molecule has 6 heteroatoms. The van der Waals surface area contributed by atoms with Gasteiger partial charge in [-0.05, 0) is 33.8 Å². The van der Waals surface area contributed by atoms with Gasteiger partial charge in [0.25, 0.3) is 0 Å². The Morgan fingerprint density at radius 1 is 1.50 bits per heavy atom. The molecule has 18 heavy (non-hydrogen) atoms. The number of nitrogens with zero attached hydrogens (tertiary/aromatic N) is 1. The fourth-order valence-electron chi connectivity index (χ4n) is 1.62. The Bertz CT molecular complexity index is 555. The van der Waals surface area contributed by atoms with Crippen molar-refractivity contribution in [1.82, 2.24) is 10.3 Å². The Morgan fingerprint density at radius 3 is 3.11 bits per heavy atom. The van der Waals surface area contributed by atoms with Gasteiger partial charge in [-0.15, -0.1) is 11.3 Å². The Morgan fingerprint density at radius 2 is 2.33 bits per heavy atom. The van der Waals surface area contributed by atoms with E-state index in [1.165, 1.54) is 12.3 Å². The fraction of sp³-hybridized carbons (Fsp3) is 0.333. The molecule has 2 heterocycles. The quantitative estimate of drug-likeness (QED) is 0.830. The third-order valence-corrected chi connectivity index (χ3v) is 4.02. The minimum atomic E-state index is 0.0115. The number of carbonyl (C=O) groups excluding carboxylic acids is 1. The number of anilines is 1. The summed E-state index contributed by atoms with van der Waals surface area (Å²) in [6.45, 7) is 3.01. The number of aromatic nitrogens is 1. The van der Waals surface area contributed by atoms with Gasteiger partial charge in [-0.25, -0.2) is 4.98 Å². The molecule has 0 fully saturated rings. The second-order valence-electron chi connectivity index (χ2n) is 3.88. The minimum Gasteiger partial charge on any atom is -0.369 e. The first-order valence-electron chi connectivity index (χ1n) is 5.68. The van der Waals surface area contributed by atoms with Gasteiger partial charge >= 0.3 is 0 Å². The summed E-state index contributed by atoms with van der Waals surface area (Å²) in [5.74, 6) is 0.920. The van der Waals surface area contributed by atoms with Gasteiger partial charge in [-0.2, -0.15) is 0 Å². The monoisotopic (exact) mass is 327 g/mol. The van der Waals surface area contributed by atoms with E-state index >= 15 is 0 Å². The SMILES string of the molecule is CC(=O)NCCCNc1ncc(Br)c2ccsc12. The number of pyridine rings is 1. The van der Waals surface area contributed by atoms with E-state index in [0.717, 1.165) is 28.0 Å². The first-order valence-corrected chi connectivity index (χ1v) is 7.36. The number of halogens is 1. The normalized spacial score (nSPS) is 10.6. The van der Waals surface area contributed by atoms with E-state index < -0.39 is 0 Å². The topological polar surface area (TPSA) is 54.0 Å². The maximum Gasteiger partial charge on any atom is 0.216 e. The fourth-order valence-corrected chi connectivity index (χ4v) is 3.06. The summed E-state index contributed by atoms with van der Waals surface area (Å²) in [6.07, 6.45) is 2.69. The van der Waals surface area contributed by atoms with Crippen molar-refractivity contribution in [1.29, 1.82) is 0 Å². The lowest BCUT2D eigenvalue weighted by atomic mass is 10.3. The standard InChI is InChI=1S/C12H14BrN3OS/c1-8(17)14-4-2-5-15-12-11-9(3-6-18-11)10(13)7-16-12/h3,6-7H,2,4-5H2,1H3,(H,14,17)(H,15,16). The molecule has 4 nitrogen and oxygen atoms in total. The zero-order valence-corrected chi connectivity index (χ0v) is 12.4. The molecule has 0 bridgehead atoms.